The lowest BCUT2D eigenvalue weighted by Crippen LogP contribution is -2.33. The van der Waals surface area contributed by atoms with Gasteiger partial charge in [0.15, 0.2) is 0 Å². The lowest BCUT2D eigenvalue weighted by molar-refractivity contribution is 0.187. The zero-order valence-corrected chi connectivity index (χ0v) is 11.6. The van der Waals surface area contributed by atoms with Crippen LogP contribution < -0.4 is 0 Å². The highest BCUT2D eigenvalue weighted by Gasteiger charge is 2.14. The minimum atomic E-state index is -0.233. The fraction of sp³-hybridized carbons (Fsp3) is 0.533. The summed E-state index contributed by atoms with van der Waals surface area (Å²) >= 11 is 0. The van der Waals surface area contributed by atoms with Crippen molar-refractivity contribution in [2.24, 2.45) is 5.92 Å². The molecule has 0 spiro atoms. The second-order valence-corrected chi connectivity index (χ2v) is 5.34. The molecule has 0 aliphatic rings. The molecule has 0 radical (unpaired) electrons. The summed E-state index contributed by atoms with van der Waals surface area (Å²) < 4.78 is 13.7. The molecule has 0 saturated carbocycles. The molecule has 0 bridgehead atoms. The fourth-order valence-electron chi connectivity index (χ4n) is 1.91. The Labute approximate surface area is 109 Å². The summed E-state index contributed by atoms with van der Waals surface area (Å²) in [6.07, 6.45) is 0. The van der Waals surface area contributed by atoms with Crippen molar-refractivity contribution in [1.29, 1.82) is 5.26 Å². The van der Waals surface area contributed by atoms with Crippen molar-refractivity contribution in [2.45, 2.75) is 40.3 Å². The summed E-state index contributed by atoms with van der Waals surface area (Å²) in [5, 5.41) is 8.86. The minimum Gasteiger partial charge on any atom is -0.296 e. The van der Waals surface area contributed by atoms with Crippen LogP contribution in [0.5, 0.6) is 0 Å². The summed E-state index contributed by atoms with van der Waals surface area (Å²) in [5.41, 5.74) is 1.11. The number of benzene rings is 1. The summed E-state index contributed by atoms with van der Waals surface area (Å²) in [6, 6.07) is 6.95. The maximum absolute atomic E-state index is 13.7. The van der Waals surface area contributed by atoms with Gasteiger partial charge in [0.25, 0.3) is 0 Å². The van der Waals surface area contributed by atoms with Crippen molar-refractivity contribution < 1.29 is 4.39 Å². The molecule has 98 valence electrons. The Bertz CT molecular complexity index is 433. The van der Waals surface area contributed by atoms with E-state index in [-0.39, 0.29) is 5.82 Å². The topological polar surface area (TPSA) is 27.0 Å². The highest BCUT2D eigenvalue weighted by atomic mass is 19.1. The zero-order chi connectivity index (χ0) is 13.7. The highest BCUT2D eigenvalue weighted by molar-refractivity contribution is 5.33. The number of halogens is 1. The first kappa shape index (κ1) is 14.7. The Balaban J connectivity index is 2.90. The van der Waals surface area contributed by atoms with Crippen molar-refractivity contribution in [3.63, 3.8) is 0 Å². The van der Waals surface area contributed by atoms with Gasteiger partial charge in [0.05, 0.1) is 11.6 Å². The fourth-order valence-corrected chi connectivity index (χ4v) is 1.91. The van der Waals surface area contributed by atoms with Gasteiger partial charge in [-0.25, -0.2) is 4.39 Å². The number of rotatable bonds is 5. The molecule has 0 aromatic heterocycles. The summed E-state index contributed by atoms with van der Waals surface area (Å²) in [7, 11) is 0. The molecule has 18 heavy (non-hydrogen) atoms. The highest BCUT2D eigenvalue weighted by Crippen LogP contribution is 2.15. The Morgan fingerprint density at radius 1 is 1.28 bits per heavy atom. The van der Waals surface area contributed by atoms with Crippen LogP contribution in [0.1, 0.15) is 38.8 Å². The number of hydrogen-bond acceptors (Lipinski definition) is 2. The van der Waals surface area contributed by atoms with E-state index in [2.05, 4.69) is 38.7 Å². The van der Waals surface area contributed by atoms with Crippen molar-refractivity contribution in [2.75, 3.05) is 6.54 Å². The summed E-state index contributed by atoms with van der Waals surface area (Å²) in [6.45, 7) is 9.99. The quantitative estimate of drug-likeness (QED) is 0.796. The van der Waals surface area contributed by atoms with Crippen LogP contribution in [0.15, 0.2) is 18.2 Å². The van der Waals surface area contributed by atoms with E-state index < -0.39 is 0 Å². The van der Waals surface area contributed by atoms with E-state index in [0.717, 1.165) is 6.54 Å². The second kappa shape index (κ2) is 6.51. The molecule has 0 unspecified atom stereocenters. The molecule has 2 nitrogen and oxygen atoms in total. The van der Waals surface area contributed by atoms with Crippen LogP contribution in [0, 0.1) is 23.1 Å². The molecule has 0 aliphatic heterocycles. The van der Waals surface area contributed by atoms with E-state index in [1.165, 1.54) is 12.1 Å². The van der Waals surface area contributed by atoms with Crippen LogP contribution >= 0.6 is 0 Å². The van der Waals surface area contributed by atoms with E-state index in [4.69, 9.17) is 5.26 Å². The monoisotopic (exact) mass is 248 g/mol. The molecule has 0 heterocycles. The summed E-state index contributed by atoms with van der Waals surface area (Å²) in [4.78, 5) is 2.23. The zero-order valence-electron chi connectivity index (χ0n) is 11.6. The molecule has 0 aliphatic carbocycles. The lowest BCUT2D eigenvalue weighted by atomic mass is 10.1. The smallest absolute Gasteiger partial charge is 0.127 e. The normalized spacial score (nSPS) is 11.3. The summed E-state index contributed by atoms with van der Waals surface area (Å²) in [5.74, 6) is 0.304. The van der Waals surface area contributed by atoms with E-state index in [1.54, 1.807) is 6.07 Å². The first-order valence-corrected chi connectivity index (χ1v) is 6.36. The van der Waals surface area contributed by atoms with Crippen LogP contribution in [0.2, 0.25) is 0 Å². The Hall–Kier alpha value is -1.40. The van der Waals surface area contributed by atoms with Gasteiger partial charge in [0.2, 0.25) is 0 Å². The van der Waals surface area contributed by atoms with Gasteiger partial charge in [-0.2, -0.15) is 5.26 Å². The second-order valence-electron chi connectivity index (χ2n) is 5.34. The van der Waals surface area contributed by atoms with Crippen LogP contribution in [-0.2, 0) is 6.54 Å². The van der Waals surface area contributed by atoms with Crippen LogP contribution in [0.3, 0.4) is 0 Å². The van der Waals surface area contributed by atoms with Gasteiger partial charge < -0.3 is 0 Å². The first-order chi connectivity index (χ1) is 8.43. The Morgan fingerprint density at radius 3 is 2.44 bits per heavy atom. The molecule has 0 amide bonds. The van der Waals surface area contributed by atoms with Crippen molar-refractivity contribution in [1.82, 2.24) is 4.90 Å². The molecular weight excluding hydrogens is 227 g/mol. The van der Waals surface area contributed by atoms with E-state index in [0.29, 0.717) is 29.6 Å². The van der Waals surface area contributed by atoms with E-state index in [9.17, 15) is 4.39 Å². The van der Waals surface area contributed by atoms with E-state index >= 15 is 0 Å². The van der Waals surface area contributed by atoms with Crippen LogP contribution in [-0.4, -0.2) is 17.5 Å². The standard InChI is InChI=1S/C15H21FN2/c1-11(2)9-18(12(3)4)10-14-7-13(8-17)5-6-15(14)16/h5-7,11-12H,9-10H2,1-4H3. The minimum absolute atomic E-state index is 0.233. The molecule has 0 N–H and O–H groups in total. The SMILES string of the molecule is CC(C)CN(Cc1cc(C#N)ccc1F)C(C)C. The average Bonchev–Trinajstić information content (AvgIpc) is 2.30. The van der Waals surface area contributed by atoms with Gasteiger partial charge in [-0.3, -0.25) is 4.90 Å². The third kappa shape index (κ3) is 4.12. The number of nitriles is 1. The van der Waals surface area contributed by atoms with Gasteiger partial charge in [0, 0.05) is 24.7 Å². The Kier molecular flexibility index (Phi) is 5.30. The molecule has 1 aromatic carbocycles. The maximum Gasteiger partial charge on any atom is 0.127 e. The largest absolute Gasteiger partial charge is 0.296 e. The van der Waals surface area contributed by atoms with Crippen molar-refractivity contribution in [3.05, 3.63) is 35.1 Å². The van der Waals surface area contributed by atoms with Gasteiger partial charge in [-0.15, -0.1) is 0 Å². The third-order valence-electron chi connectivity index (χ3n) is 2.88. The number of hydrogen-bond donors (Lipinski definition) is 0. The average molecular weight is 248 g/mol. The molecule has 0 saturated heterocycles. The third-order valence-corrected chi connectivity index (χ3v) is 2.88. The molecule has 1 aromatic rings. The Morgan fingerprint density at radius 2 is 1.94 bits per heavy atom. The van der Waals surface area contributed by atoms with Gasteiger partial charge in [-0.1, -0.05) is 13.8 Å². The molecule has 0 atom stereocenters. The van der Waals surface area contributed by atoms with Crippen LogP contribution in [0.25, 0.3) is 0 Å². The molecular formula is C15H21FN2. The molecule has 0 fully saturated rings. The van der Waals surface area contributed by atoms with Crippen LogP contribution in [0.4, 0.5) is 4.39 Å². The predicted octanol–water partition coefficient (Wildman–Crippen LogP) is 3.56. The van der Waals surface area contributed by atoms with Gasteiger partial charge in [0.1, 0.15) is 5.82 Å². The number of nitrogens with zero attached hydrogens (tertiary/aromatic N) is 2. The van der Waals surface area contributed by atoms with Crippen molar-refractivity contribution in [3.8, 4) is 6.07 Å². The molecule has 3 heteroatoms. The van der Waals surface area contributed by atoms with Gasteiger partial charge >= 0.3 is 0 Å². The lowest BCUT2D eigenvalue weighted by Gasteiger charge is -2.28. The first-order valence-electron chi connectivity index (χ1n) is 6.36. The van der Waals surface area contributed by atoms with Gasteiger partial charge in [-0.05, 0) is 38.0 Å². The molecule has 1 rings (SSSR count). The maximum atomic E-state index is 13.7. The predicted molar refractivity (Wildman–Crippen MR) is 71.5 cm³/mol. The van der Waals surface area contributed by atoms with E-state index in [1.807, 2.05) is 0 Å². The van der Waals surface area contributed by atoms with Crippen molar-refractivity contribution >= 4 is 0 Å².